The monoisotopic (exact) mass is 623 g/mol. The predicted molar refractivity (Wildman–Crippen MR) is 143 cm³/mol. The normalized spacial score (nSPS) is 21.1. The van der Waals surface area contributed by atoms with Gasteiger partial charge in [0.15, 0.2) is 0 Å². The molecule has 1 N–H and O–H groups in total. The zero-order valence-electron chi connectivity index (χ0n) is 22.8. The van der Waals surface area contributed by atoms with Crippen LogP contribution < -0.4 is 0 Å². The molecule has 7 nitrogen and oxygen atoms in total. The minimum atomic E-state index is -5.07. The summed E-state index contributed by atoms with van der Waals surface area (Å²) in [4.78, 5) is 19.2. The van der Waals surface area contributed by atoms with Crippen molar-refractivity contribution in [3.8, 4) is 5.75 Å². The average Bonchev–Trinajstić information content (AvgIpc) is 2.93. The van der Waals surface area contributed by atoms with E-state index < -0.39 is 41.0 Å². The van der Waals surface area contributed by atoms with Crippen LogP contribution in [-0.2, 0) is 28.2 Å². The number of carbonyl (C=O) groups excluding carboxylic acids is 1. The third-order valence-corrected chi connectivity index (χ3v) is 7.77. The van der Waals surface area contributed by atoms with E-state index in [0.29, 0.717) is 63.6 Å². The number of benzene rings is 2. The zero-order valence-corrected chi connectivity index (χ0v) is 23.6. The third-order valence-electron chi connectivity index (χ3n) is 7.45. The first-order valence-corrected chi connectivity index (χ1v) is 13.8. The summed E-state index contributed by atoms with van der Waals surface area (Å²) in [6.07, 6.45) is -9.99. The molecule has 14 heteroatoms. The van der Waals surface area contributed by atoms with Gasteiger partial charge in [0.25, 0.3) is 5.91 Å². The number of methoxy groups -OCH3 is 1. The van der Waals surface area contributed by atoms with Gasteiger partial charge in [0.2, 0.25) is 0 Å². The second kappa shape index (κ2) is 13.4. The molecule has 1 amide bonds. The summed E-state index contributed by atoms with van der Waals surface area (Å²) in [6, 6.07) is 4.90. The highest BCUT2D eigenvalue weighted by Gasteiger charge is 2.39. The van der Waals surface area contributed by atoms with Crippen molar-refractivity contribution in [1.29, 1.82) is 0 Å². The molecule has 0 unspecified atom stereocenters. The molecule has 2 aromatic rings. The number of piperazine rings is 1. The van der Waals surface area contributed by atoms with Crippen molar-refractivity contribution in [1.82, 2.24) is 14.7 Å². The van der Waals surface area contributed by atoms with E-state index in [2.05, 4.69) is 9.80 Å². The lowest BCUT2D eigenvalue weighted by molar-refractivity contribution is -0.143. The lowest BCUT2D eigenvalue weighted by atomic mass is 9.99. The lowest BCUT2D eigenvalue weighted by Gasteiger charge is -2.43. The minimum Gasteiger partial charge on any atom is -0.506 e. The van der Waals surface area contributed by atoms with Crippen LogP contribution in [0.3, 0.4) is 0 Å². The number of amides is 1. The Morgan fingerprint density at radius 3 is 2.21 bits per heavy atom. The summed E-state index contributed by atoms with van der Waals surface area (Å²) in [5.74, 6) is -1.10. The largest absolute Gasteiger partial charge is 0.506 e. The number of carbonyl (C=O) groups is 1. The summed E-state index contributed by atoms with van der Waals surface area (Å²) in [7, 11) is 1.60. The first-order chi connectivity index (χ1) is 19.7. The van der Waals surface area contributed by atoms with Crippen LogP contribution in [-0.4, -0.2) is 104 Å². The molecule has 0 radical (unpaired) electrons. The third kappa shape index (κ3) is 8.28. The van der Waals surface area contributed by atoms with E-state index in [9.17, 15) is 36.2 Å². The number of phenolic OH excluding ortho intramolecular Hbond substituents is 1. The Morgan fingerprint density at radius 1 is 0.976 bits per heavy atom. The first kappa shape index (κ1) is 32.3. The standard InChI is InChI=1S/C28H32ClF6N3O4/c1-41-17-23-16-37(8-9-42-23)5-4-36-6-7-38(22(15-36)10-18-2-3-24(29)25(39)11-18)26(40)19-12-20(27(30,31)32)14-21(13-19)28(33,34)35/h2-3,11-14,22-23,39H,4-10,15-17H2,1H3/t22-,23-/m1/s1. The molecule has 2 fully saturated rings. The number of alkyl halides is 6. The van der Waals surface area contributed by atoms with Crippen LogP contribution in [0.2, 0.25) is 5.02 Å². The predicted octanol–water partition coefficient (Wildman–Crippen LogP) is 4.80. The van der Waals surface area contributed by atoms with E-state index in [-0.39, 0.29) is 35.9 Å². The fourth-order valence-electron chi connectivity index (χ4n) is 5.32. The smallest absolute Gasteiger partial charge is 0.416 e. The number of halogens is 7. The number of rotatable bonds is 8. The number of hydrogen-bond donors (Lipinski definition) is 1. The number of ether oxygens (including phenoxy) is 2. The van der Waals surface area contributed by atoms with Gasteiger partial charge in [-0.3, -0.25) is 14.6 Å². The topological polar surface area (TPSA) is 65.5 Å². The van der Waals surface area contributed by atoms with E-state index >= 15 is 0 Å². The molecule has 2 aliphatic heterocycles. The van der Waals surface area contributed by atoms with Crippen molar-refractivity contribution >= 4 is 17.5 Å². The maximum absolute atomic E-state index is 13.6. The highest BCUT2D eigenvalue weighted by atomic mass is 35.5. The van der Waals surface area contributed by atoms with Crippen LogP contribution in [0.25, 0.3) is 0 Å². The number of aromatic hydroxyl groups is 1. The Morgan fingerprint density at radius 2 is 1.62 bits per heavy atom. The van der Waals surface area contributed by atoms with Gasteiger partial charge in [-0.15, -0.1) is 0 Å². The van der Waals surface area contributed by atoms with Gasteiger partial charge in [0.1, 0.15) is 5.75 Å². The maximum atomic E-state index is 13.6. The molecule has 0 aliphatic carbocycles. The summed E-state index contributed by atoms with van der Waals surface area (Å²) in [5, 5.41) is 10.2. The highest BCUT2D eigenvalue weighted by Crippen LogP contribution is 2.37. The van der Waals surface area contributed by atoms with Crippen LogP contribution in [0.5, 0.6) is 5.75 Å². The van der Waals surface area contributed by atoms with Gasteiger partial charge in [-0.25, -0.2) is 0 Å². The minimum absolute atomic E-state index is 0.00547. The van der Waals surface area contributed by atoms with E-state index in [1.807, 2.05) is 0 Å². The summed E-state index contributed by atoms with van der Waals surface area (Å²) >= 11 is 5.93. The maximum Gasteiger partial charge on any atom is 0.416 e. The van der Waals surface area contributed by atoms with Gasteiger partial charge < -0.3 is 19.5 Å². The van der Waals surface area contributed by atoms with Crippen LogP contribution in [0.15, 0.2) is 36.4 Å². The Kier molecular flexibility index (Phi) is 10.3. The van der Waals surface area contributed by atoms with E-state index in [1.165, 1.54) is 17.0 Å². The molecular formula is C28H32ClF6N3O4. The van der Waals surface area contributed by atoms with Crippen molar-refractivity contribution < 1.29 is 45.7 Å². The molecule has 2 saturated heterocycles. The Labute approximate surface area is 244 Å². The molecule has 0 spiro atoms. The van der Waals surface area contributed by atoms with Gasteiger partial charge in [-0.1, -0.05) is 17.7 Å². The molecule has 0 saturated carbocycles. The average molecular weight is 624 g/mol. The number of hydrogen-bond acceptors (Lipinski definition) is 6. The van der Waals surface area contributed by atoms with Gasteiger partial charge in [-0.05, 0) is 42.3 Å². The van der Waals surface area contributed by atoms with E-state index in [4.69, 9.17) is 21.1 Å². The molecule has 2 atom stereocenters. The molecule has 2 aliphatic rings. The molecule has 2 aromatic carbocycles. The number of phenols is 1. The second-order valence-corrected chi connectivity index (χ2v) is 10.9. The van der Waals surface area contributed by atoms with Crippen LogP contribution in [0, 0.1) is 0 Å². The van der Waals surface area contributed by atoms with Crippen LogP contribution in [0.1, 0.15) is 27.0 Å². The van der Waals surface area contributed by atoms with Crippen molar-refractivity contribution in [2.75, 3.05) is 66.1 Å². The van der Waals surface area contributed by atoms with Crippen molar-refractivity contribution in [2.24, 2.45) is 0 Å². The van der Waals surface area contributed by atoms with Gasteiger partial charge in [-0.2, -0.15) is 26.3 Å². The second-order valence-electron chi connectivity index (χ2n) is 10.5. The molecule has 232 valence electrons. The van der Waals surface area contributed by atoms with Crippen LogP contribution in [0.4, 0.5) is 26.3 Å². The van der Waals surface area contributed by atoms with E-state index in [0.717, 1.165) is 6.54 Å². The fraction of sp³-hybridized carbons (Fsp3) is 0.536. The molecular weight excluding hydrogens is 592 g/mol. The Bertz CT molecular complexity index is 1210. The van der Waals surface area contributed by atoms with Crippen molar-refractivity contribution in [2.45, 2.75) is 30.9 Å². The molecule has 4 rings (SSSR count). The lowest BCUT2D eigenvalue weighted by Crippen LogP contribution is -2.57. The quantitative estimate of drug-likeness (QED) is 0.427. The van der Waals surface area contributed by atoms with Gasteiger partial charge in [0.05, 0.1) is 35.5 Å². The number of morpholine rings is 1. The Hall–Kier alpha value is -2.58. The SMILES string of the molecule is COC[C@H]1CN(CCN2CCN(C(=O)c3cc(C(F)(F)F)cc(C(F)(F)F)c3)[C@H](Cc3ccc(Cl)c(O)c3)C2)CCO1. The Balaban J connectivity index is 1.56. The number of nitrogens with zero attached hydrogens (tertiary/aromatic N) is 3. The summed E-state index contributed by atoms with van der Waals surface area (Å²) in [5.41, 5.74) is -3.17. The molecule has 42 heavy (non-hydrogen) atoms. The summed E-state index contributed by atoms with van der Waals surface area (Å²) in [6.45, 7) is 4.60. The molecule has 0 bridgehead atoms. The van der Waals surface area contributed by atoms with Gasteiger partial charge >= 0.3 is 12.4 Å². The fourth-order valence-corrected chi connectivity index (χ4v) is 5.44. The summed E-state index contributed by atoms with van der Waals surface area (Å²) < 4.78 is 91.8. The van der Waals surface area contributed by atoms with Crippen LogP contribution >= 0.6 is 11.6 Å². The zero-order chi connectivity index (χ0) is 30.7. The highest BCUT2D eigenvalue weighted by molar-refractivity contribution is 6.32. The molecule has 0 aromatic heterocycles. The first-order valence-electron chi connectivity index (χ1n) is 13.4. The van der Waals surface area contributed by atoms with Crippen molar-refractivity contribution in [3.05, 3.63) is 63.7 Å². The van der Waals surface area contributed by atoms with E-state index in [1.54, 1.807) is 13.2 Å². The van der Waals surface area contributed by atoms with Crippen molar-refractivity contribution in [3.63, 3.8) is 0 Å². The molecule has 2 heterocycles. The van der Waals surface area contributed by atoms with Gasteiger partial charge in [0, 0.05) is 64.5 Å².